The van der Waals surface area contributed by atoms with E-state index in [1.807, 2.05) is 30.3 Å². The zero-order valence-corrected chi connectivity index (χ0v) is 20.7. The lowest BCUT2D eigenvalue weighted by Crippen LogP contribution is -2.30. The van der Waals surface area contributed by atoms with Crippen molar-refractivity contribution in [2.45, 2.75) is 50.1 Å². The Morgan fingerprint density at radius 1 is 1.09 bits per heavy atom. The minimum Gasteiger partial charge on any atom is -0.493 e. The zero-order valence-electron chi connectivity index (χ0n) is 19.9. The number of nitrogens with two attached hydrogens (primary N) is 1. The summed E-state index contributed by atoms with van der Waals surface area (Å²) in [5.74, 6) is 7.92. The zero-order chi connectivity index (χ0) is 24.2. The maximum atomic E-state index is 12.6. The first-order valence-corrected chi connectivity index (χ1v) is 11.5. The van der Waals surface area contributed by atoms with Gasteiger partial charge >= 0.3 is 0 Å². The molecular weight excluding hydrogens is 438 g/mol. The molecule has 0 spiro atoms. The fraction of sp³-hybridized carbons (Fsp3) is 0.375. The average molecular weight is 470 g/mol. The smallest absolute Gasteiger partial charge is 0.233 e. The Kier molecular flexibility index (Phi) is 7.53. The molecular formula is C24H31N5O3S. The highest BCUT2D eigenvalue weighted by atomic mass is 32.2. The minimum atomic E-state index is -0.409. The first-order chi connectivity index (χ1) is 15.6. The quantitative estimate of drug-likeness (QED) is 0.382. The molecule has 0 fully saturated rings. The van der Waals surface area contributed by atoms with Gasteiger partial charge in [0.1, 0.15) is 0 Å². The molecule has 9 heteroatoms. The molecule has 1 atom stereocenters. The first-order valence-electron chi connectivity index (χ1n) is 10.6. The van der Waals surface area contributed by atoms with Gasteiger partial charge in [-0.15, -0.1) is 10.2 Å². The molecule has 3 N–H and O–H groups in total. The summed E-state index contributed by atoms with van der Waals surface area (Å²) >= 11 is 1.26. The number of nitrogen functional groups attached to an aromatic ring is 1. The molecule has 0 aliphatic rings. The number of hydrogen-bond donors (Lipinski definition) is 2. The van der Waals surface area contributed by atoms with E-state index in [2.05, 4.69) is 48.4 Å². The minimum absolute atomic E-state index is 0.0652. The highest BCUT2D eigenvalue weighted by Gasteiger charge is 2.20. The summed E-state index contributed by atoms with van der Waals surface area (Å²) in [6, 6.07) is 13.6. The molecule has 2 aromatic carbocycles. The van der Waals surface area contributed by atoms with Crippen molar-refractivity contribution in [2.24, 2.45) is 0 Å². The number of aromatic nitrogens is 3. The molecule has 33 heavy (non-hydrogen) atoms. The predicted molar refractivity (Wildman–Crippen MR) is 131 cm³/mol. The van der Waals surface area contributed by atoms with E-state index in [1.165, 1.54) is 22.0 Å². The van der Waals surface area contributed by atoms with Gasteiger partial charge in [-0.2, -0.15) is 0 Å². The fourth-order valence-electron chi connectivity index (χ4n) is 3.21. The van der Waals surface area contributed by atoms with Crippen LogP contribution in [-0.4, -0.2) is 40.3 Å². The maximum Gasteiger partial charge on any atom is 0.233 e. The van der Waals surface area contributed by atoms with Crippen molar-refractivity contribution >= 4 is 17.7 Å². The number of carbonyl (C=O) groups excluding carboxylic acids is 1. The molecule has 0 radical (unpaired) electrons. The molecule has 3 rings (SSSR count). The van der Waals surface area contributed by atoms with Crippen molar-refractivity contribution in [1.82, 2.24) is 20.2 Å². The van der Waals surface area contributed by atoms with Crippen LogP contribution in [0.25, 0.3) is 11.4 Å². The number of ether oxygens (including phenoxy) is 2. The van der Waals surface area contributed by atoms with Gasteiger partial charge in [0.25, 0.3) is 0 Å². The van der Waals surface area contributed by atoms with E-state index in [-0.39, 0.29) is 11.3 Å². The van der Waals surface area contributed by atoms with E-state index >= 15 is 0 Å². The third-order valence-corrected chi connectivity index (χ3v) is 6.30. The van der Waals surface area contributed by atoms with Gasteiger partial charge in [-0.05, 0) is 35.6 Å². The fourth-order valence-corrected chi connectivity index (χ4v) is 4.00. The molecule has 8 nitrogen and oxygen atoms in total. The second-order valence-corrected chi connectivity index (χ2v) is 9.98. The van der Waals surface area contributed by atoms with Gasteiger partial charge < -0.3 is 20.6 Å². The lowest BCUT2D eigenvalue weighted by molar-refractivity contribution is -0.120. The third kappa shape index (κ3) is 5.78. The van der Waals surface area contributed by atoms with Crippen LogP contribution < -0.4 is 20.6 Å². The van der Waals surface area contributed by atoms with E-state index < -0.39 is 5.25 Å². The third-order valence-electron chi connectivity index (χ3n) is 5.24. The van der Waals surface area contributed by atoms with E-state index in [4.69, 9.17) is 15.3 Å². The van der Waals surface area contributed by atoms with Gasteiger partial charge in [-0.1, -0.05) is 62.9 Å². The van der Waals surface area contributed by atoms with Crippen molar-refractivity contribution in [1.29, 1.82) is 0 Å². The van der Waals surface area contributed by atoms with Gasteiger partial charge in [0.05, 0.1) is 19.5 Å². The molecule has 0 aliphatic heterocycles. The number of methoxy groups -OCH3 is 2. The molecule has 176 valence electrons. The number of hydrogen-bond acceptors (Lipinski definition) is 7. The number of carbonyl (C=O) groups is 1. The molecule has 0 saturated carbocycles. The second-order valence-electron chi connectivity index (χ2n) is 8.67. The number of nitrogens with zero attached hydrogens (tertiary/aromatic N) is 3. The van der Waals surface area contributed by atoms with Crippen LogP contribution in [0.5, 0.6) is 11.5 Å². The van der Waals surface area contributed by atoms with E-state index in [0.29, 0.717) is 29.0 Å². The van der Waals surface area contributed by atoms with Crippen LogP contribution in [0.4, 0.5) is 0 Å². The summed E-state index contributed by atoms with van der Waals surface area (Å²) in [7, 11) is 3.16. The maximum absolute atomic E-state index is 12.6. The molecule has 1 amide bonds. The number of amides is 1. The van der Waals surface area contributed by atoms with Gasteiger partial charge in [-0.3, -0.25) is 4.79 Å². The summed E-state index contributed by atoms with van der Waals surface area (Å²) in [5, 5.41) is 11.4. The summed E-state index contributed by atoms with van der Waals surface area (Å²) in [5.41, 5.74) is 3.07. The molecule has 3 aromatic rings. The van der Waals surface area contributed by atoms with Crippen LogP contribution in [0.15, 0.2) is 47.6 Å². The van der Waals surface area contributed by atoms with E-state index in [9.17, 15) is 4.79 Å². The van der Waals surface area contributed by atoms with Crippen molar-refractivity contribution in [3.05, 3.63) is 53.6 Å². The molecule has 1 unspecified atom stereocenters. The van der Waals surface area contributed by atoms with Crippen LogP contribution in [0, 0.1) is 0 Å². The van der Waals surface area contributed by atoms with Crippen LogP contribution in [0.2, 0.25) is 0 Å². The highest BCUT2D eigenvalue weighted by Crippen LogP contribution is 2.29. The summed E-state index contributed by atoms with van der Waals surface area (Å²) in [6.07, 6.45) is 0. The Balaban J connectivity index is 1.63. The largest absolute Gasteiger partial charge is 0.493 e. The van der Waals surface area contributed by atoms with E-state index in [0.717, 1.165) is 11.1 Å². The Morgan fingerprint density at radius 2 is 1.76 bits per heavy atom. The van der Waals surface area contributed by atoms with Crippen molar-refractivity contribution in [2.75, 3.05) is 20.1 Å². The van der Waals surface area contributed by atoms with Crippen molar-refractivity contribution < 1.29 is 14.3 Å². The number of thioether (sulfide) groups is 1. The number of nitrogens with one attached hydrogen (secondary N) is 1. The van der Waals surface area contributed by atoms with Gasteiger partial charge in [0, 0.05) is 12.1 Å². The normalized spacial score (nSPS) is 12.3. The molecule has 0 aliphatic carbocycles. The lowest BCUT2D eigenvalue weighted by Gasteiger charge is -2.19. The SMILES string of the molecule is COc1ccc(CNC(=O)C(C)Sc2nnc(-c3ccc(C(C)(C)C)cc3)n2N)cc1OC. The lowest BCUT2D eigenvalue weighted by atomic mass is 9.87. The van der Waals surface area contributed by atoms with Crippen molar-refractivity contribution in [3.63, 3.8) is 0 Å². The Morgan fingerprint density at radius 3 is 2.36 bits per heavy atom. The summed E-state index contributed by atoms with van der Waals surface area (Å²) < 4.78 is 12.0. The summed E-state index contributed by atoms with van der Waals surface area (Å²) in [4.78, 5) is 12.6. The second kappa shape index (κ2) is 10.2. The highest BCUT2D eigenvalue weighted by molar-refractivity contribution is 8.00. The predicted octanol–water partition coefficient (Wildman–Crippen LogP) is 3.77. The molecule has 1 aromatic heterocycles. The van der Waals surface area contributed by atoms with Gasteiger partial charge in [0.2, 0.25) is 11.1 Å². The number of benzene rings is 2. The monoisotopic (exact) mass is 469 g/mol. The Labute approximate surface area is 198 Å². The Hall–Kier alpha value is -3.20. The summed E-state index contributed by atoms with van der Waals surface area (Å²) in [6.45, 7) is 8.67. The van der Waals surface area contributed by atoms with Crippen LogP contribution in [0.3, 0.4) is 0 Å². The van der Waals surface area contributed by atoms with Gasteiger partial charge in [0.15, 0.2) is 17.3 Å². The van der Waals surface area contributed by atoms with E-state index in [1.54, 1.807) is 21.1 Å². The first kappa shape index (κ1) is 24.4. The van der Waals surface area contributed by atoms with Crippen LogP contribution >= 0.6 is 11.8 Å². The van der Waals surface area contributed by atoms with Gasteiger partial charge in [-0.25, -0.2) is 4.68 Å². The van der Waals surface area contributed by atoms with Crippen LogP contribution in [-0.2, 0) is 16.8 Å². The van der Waals surface area contributed by atoms with Crippen LogP contribution in [0.1, 0.15) is 38.8 Å². The average Bonchev–Trinajstić information content (AvgIpc) is 3.16. The number of rotatable bonds is 8. The Bertz CT molecular complexity index is 1110. The standard InChI is InChI=1S/C24H31N5O3S/c1-15(22(30)26-14-16-7-12-19(31-5)20(13-16)32-6)33-23-28-27-21(29(23)25)17-8-10-18(11-9-17)24(2,3)4/h7-13,15H,14,25H2,1-6H3,(H,26,30). The molecule has 0 bridgehead atoms. The molecule has 0 saturated heterocycles. The van der Waals surface area contributed by atoms with Crippen molar-refractivity contribution in [3.8, 4) is 22.9 Å². The molecule has 1 heterocycles. The topological polar surface area (TPSA) is 104 Å².